The lowest BCUT2D eigenvalue weighted by atomic mass is 9.96. The molecule has 3 aromatic carbocycles. The SMILES string of the molecule is CCCCC[n+]1c(/C=C/C2=C(c3c([O-])n(CCCC)c(=O)n(CCCC)c3=O)C(=C/C=C3\C=Cc4ccccc4N3CCCCS(=O)(=O)[O-])/c3ccccc32)ccc2ccccc21. The predicted octanol–water partition coefficient (Wildman–Crippen LogP) is 9.08. The van der Waals surface area contributed by atoms with Crippen molar-refractivity contribution in [1.82, 2.24) is 9.13 Å². The van der Waals surface area contributed by atoms with Gasteiger partial charge in [-0.15, -0.1) is 0 Å². The van der Waals surface area contributed by atoms with Crippen LogP contribution in [0, 0.1) is 0 Å². The zero-order valence-electron chi connectivity index (χ0n) is 36.6. The second-order valence-corrected chi connectivity index (χ2v) is 17.8. The summed E-state index contributed by atoms with van der Waals surface area (Å²) < 4.78 is 39.2. The molecule has 11 heteroatoms. The van der Waals surface area contributed by atoms with Crippen LogP contribution in [0.4, 0.5) is 5.69 Å². The molecule has 0 unspecified atom stereocenters. The van der Waals surface area contributed by atoms with Crippen molar-refractivity contribution >= 4 is 55.6 Å². The highest BCUT2D eigenvalue weighted by Crippen LogP contribution is 2.48. The Balaban J connectivity index is 1.47. The topological polar surface area (TPSA) is 131 Å². The average molecular weight is 866 g/mol. The second-order valence-electron chi connectivity index (χ2n) is 16.3. The number of unbranched alkanes of at least 4 members (excludes halogenated alkanes) is 5. The molecule has 1 aliphatic heterocycles. The van der Waals surface area contributed by atoms with E-state index in [1.54, 1.807) is 0 Å². The molecular formula is C52H57N4O6S-. The van der Waals surface area contributed by atoms with Crippen molar-refractivity contribution in [3.05, 3.63) is 164 Å². The zero-order chi connectivity index (χ0) is 44.5. The van der Waals surface area contributed by atoms with E-state index in [1.807, 2.05) is 98.8 Å². The molecule has 0 fully saturated rings. The van der Waals surface area contributed by atoms with E-state index in [9.17, 15) is 27.7 Å². The van der Waals surface area contributed by atoms with Crippen LogP contribution >= 0.6 is 0 Å². The van der Waals surface area contributed by atoms with Crippen LogP contribution in [0.25, 0.3) is 39.8 Å². The summed E-state index contributed by atoms with van der Waals surface area (Å²) in [7, 11) is -4.35. The van der Waals surface area contributed by atoms with Crippen LogP contribution in [-0.4, -0.2) is 34.4 Å². The maximum Gasteiger partial charge on any atom is 0.330 e. The van der Waals surface area contributed by atoms with Gasteiger partial charge in [-0.05, 0) is 102 Å². The summed E-state index contributed by atoms with van der Waals surface area (Å²) in [6.45, 7) is 7.88. The molecule has 0 saturated carbocycles. The molecule has 1 aliphatic carbocycles. The van der Waals surface area contributed by atoms with Gasteiger partial charge in [0.05, 0.1) is 15.7 Å². The van der Waals surface area contributed by atoms with E-state index in [0.29, 0.717) is 42.5 Å². The number of nitrogens with zero attached hydrogens (tertiary/aromatic N) is 4. The lowest BCUT2D eigenvalue weighted by Gasteiger charge is -2.30. The van der Waals surface area contributed by atoms with Gasteiger partial charge in [0.15, 0.2) is 0 Å². The van der Waals surface area contributed by atoms with Crippen LogP contribution in [-0.2, 0) is 29.8 Å². The first-order valence-corrected chi connectivity index (χ1v) is 24.0. The van der Waals surface area contributed by atoms with E-state index in [0.717, 1.165) is 83.3 Å². The Labute approximate surface area is 370 Å². The first-order chi connectivity index (χ1) is 30.6. The number of rotatable bonds is 19. The van der Waals surface area contributed by atoms with Gasteiger partial charge in [-0.3, -0.25) is 9.36 Å². The normalized spacial score (nSPS) is 15.1. The summed E-state index contributed by atoms with van der Waals surface area (Å²) in [4.78, 5) is 30.9. The van der Waals surface area contributed by atoms with E-state index < -0.39 is 33.0 Å². The van der Waals surface area contributed by atoms with Gasteiger partial charge in [-0.1, -0.05) is 107 Å². The molecule has 2 aliphatic rings. The number of benzene rings is 3. The van der Waals surface area contributed by atoms with Crippen LogP contribution in [0.15, 0.2) is 125 Å². The van der Waals surface area contributed by atoms with E-state index in [-0.39, 0.29) is 25.1 Å². The lowest BCUT2D eigenvalue weighted by Crippen LogP contribution is -2.43. The summed E-state index contributed by atoms with van der Waals surface area (Å²) in [6.07, 6.45) is 18.6. The fraction of sp³-hybridized carbons (Fsp3) is 0.327. The molecule has 10 nitrogen and oxygen atoms in total. The number of aryl methyl sites for hydroxylation is 1. The molecule has 0 saturated heterocycles. The Bertz CT molecular complexity index is 2880. The molecule has 328 valence electrons. The third-order valence-electron chi connectivity index (χ3n) is 11.9. The molecule has 0 bridgehead atoms. The number of para-hydroxylation sites is 2. The third-order valence-corrected chi connectivity index (χ3v) is 12.7. The van der Waals surface area contributed by atoms with Gasteiger partial charge in [0.25, 0.3) is 5.56 Å². The maximum atomic E-state index is 14.9. The summed E-state index contributed by atoms with van der Waals surface area (Å²) in [5.74, 6) is -1.03. The van der Waals surface area contributed by atoms with Crippen LogP contribution < -0.4 is 25.8 Å². The molecule has 0 atom stereocenters. The summed E-state index contributed by atoms with van der Waals surface area (Å²) in [5.41, 5.74) is 7.20. The highest BCUT2D eigenvalue weighted by atomic mass is 32.2. The predicted molar refractivity (Wildman–Crippen MR) is 253 cm³/mol. The molecule has 63 heavy (non-hydrogen) atoms. The smallest absolute Gasteiger partial charge is 0.330 e. The molecule has 5 aromatic rings. The maximum absolute atomic E-state index is 14.9. The van der Waals surface area contributed by atoms with Gasteiger partial charge >= 0.3 is 5.69 Å². The minimum atomic E-state index is -4.35. The number of hydrogen-bond donors (Lipinski definition) is 0. The van der Waals surface area contributed by atoms with Crippen molar-refractivity contribution in [3.63, 3.8) is 0 Å². The summed E-state index contributed by atoms with van der Waals surface area (Å²) in [6, 6.07) is 28.4. The molecule has 0 N–H and O–H groups in total. The standard InChI is InChI=1S/C52H58N4O6S/c1-4-7-16-35-53-40(27-25-38-19-10-14-23-46(38)53)29-31-44-42-21-12-13-22-43(42)45(48(44)49-50(57)55(33-8-5-2)52(59)56(51(49)58)34-9-6-3)32-30-41-28-26-39-20-11-15-24-47(39)54(41)36-17-18-37-63(60,61)62/h10-15,19-32H,4-9,16-18,33-37H2,1-3H3,(H,60,61,62)/p-1/b41-30+,45-32+. The molecule has 7 rings (SSSR count). The number of fused-ring (bicyclic) bond motifs is 3. The first-order valence-electron chi connectivity index (χ1n) is 22.5. The van der Waals surface area contributed by atoms with Gasteiger partial charge in [0, 0.05) is 72.4 Å². The number of hydrogen-bond acceptors (Lipinski definition) is 7. The number of pyridine rings is 1. The molecular weight excluding hydrogens is 809 g/mol. The molecule has 3 heterocycles. The number of allylic oxidation sites excluding steroid dienone is 7. The molecule has 0 spiro atoms. The largest absolute Gasteiger partial charge is 0.859 e. The van der Waals surface area contributed by atoms with Crippen LogP contribution in [0.2, 0.25) is 0 Å². The van der Waals surface area contributed by atoms with Crippen molar-refractivity contribution in [2.24, 2.45) is 0 Å². The van der Waals surface area contributed by atoms with Crippen molar-refractivity contribution in [3.8, 4) is 5.88 Å². The quantitative estimate of drug-likeness (QED) is 0.0460. The lowest BCUT2D eigenvalue weighted by molar-refractivity contribution is -0.673. The third kappa shape index (κ3) is 9.95. The molecule has 0 radical (unpaired) electrons. The molecule has 2 aromatic heterocycles. The fourth-order valence-corrected chi connectivity index (χ4v) is 9.22. The Kier molecular flexibility index (Phi) is 14.6. The number of anilines is 1. The Hall–Kier alpha value is -6.04. The average Bonchev–Trinajstić information content (AvgIpc) is 3.58. The highest BCUT2D eigenvalue weighted by Gasteiger charge is 2.30. The van der Waals surface area contributed by atoms with Crippen molar-refractivity contribution in [1.29, 1.82) is 0 Å². The van der Waals surface area contributed by atoms with Crippen molar-refractivity contribution in [2.45, 2.75) is 98.2 Å². The van der Waals surface area contributed by atoms with Crippen LogP contribution in [0.5, 0.6) is 5.88 Å². The highest BCUT2D eigenvalue weighted by molar-refractivity contribution is 7.85. The fourth-order valence-electron chi connectivity index (χ4n) is 8.66. The van der Waals surface area contributed by atoms with Gasteiger partial charge in [-0.2, -0.15) is 4.57 Å². The Morgan fingerprint density at radius 2 is 1.38 bits per heavy atom. The van der Waals surface area contributed by atoms with Crippen LogP contribution in [0.1, 0.15) is 107 Å². The van der Waals surface area contributed by atoms with Crippen LogP contribution in [0.3, 0.4) is 0 Å². The minimum Gasteiger partial charge on any atom is -0.859 e. The molecule has 0 amide bonds. The van der Waals surface area contributed by atoms with Gasteiger partial charge in [0.1, 0.15) is 6.54 Å². The first kappa shape index (κ1) is 45.0. The van der Waals surface area contributed by atoms with E-state index >= 15 is 0 Å². The van der Waals surface area contributed by atoms with Crippen molar-refractivity contribution in [2.75, 3.05) is 17.2 Å². The second kappa shape index (κ2) is 20.4. The van der Waals surface area contributed by atoms with E-state index in [1.165, 1.54) is 9.13 Å². The Morgan fingerprint density at radius 1 is 0.683 bits per heavy atom. The van der Waals surface area contributed by atoms with Gasteiger partial charge in [0.2, 0.25) is 11.2 Å². The van der Waals surface area contributed by atoms with Crippen molar-refractivity contribution < 1.29 is 22.6 Å². The van der Waals surface area contributed by atoms with Gasteiger partial charge in [-0.25, -0.2) is 13.2 Å². The Morgan fingerprint density at radius 3 is 2.14 bits per heavy atom. The summed E-state index contributed by atoms with van der Waals surface area (Å²) >= 11 is 0. The minimum absolute atomic E-state index is 0.0307. The zero-order valence-corrected chi connectivity index (χ0v) is 37.4. The van der Waals surface area contributed by atoms with Gasteiger partial charge < -0.3 is 19.1 Å². The summed E-state index contributed by atoms with van der Waals surface area (Å²) in [5, 5.41) is 16.0. The monoisotopic (exact) mass is 865 g/mol. The van der Waals surface area contributed by atoms with E-state index in [2.05, 4.69) is 52.8 Å². The number of aromatic nitrogens is 3. The van der Waals surface area contributed by atoms with E-state index in [4.69, 9.17) is 0 Å².